The third-order valence-corrected chi connectivity index (χ3v) is 3.55. The summed E-state index contributed by atoms with van der Waals surface area (Å²) in [6.45, 7) is 11.3. The highest BCUT2D eigenvalue weighted by Gasteiger charge is 2.24. The maximum atomic E-state index is 5.95. The molecule has 0 heterocycles. The van der Waals surface area contributed by atoms with E-state index in [1.807, 2.05) is 52.8 Å². The van der Waals surface area contributed by atoms with E-state index in [1.54, 1.807) is 0 Å². The first kappa shape index (κ1) is 17.0. The van der Waals surface area contributed by atoms with Gasteiger partial charge in [-0.05, 0) is 52.3 Å². The second kappa shape index (κ2) is 6.57. The summed E-state index contributed by atoms with van der Waals surface area (Å²) in [7, 11) is 0. The van der Waals surface area contributed by atoms with Crippen LogP contribution in [-0.4, -0.2) is 18.8 Å². The fraction of sp³-hybridized carbons (Fsp3) is 0.600. The lowest BCUT2D eigenvalue weighted by molar-refractivity contribution is -0.0813. The van der Waals surface area contributed by atoms with Crippen LogP contribution in [0.2, 0.25) is 5.02 Å². The van der Waals surface area contributed by atoms with Crippen molar-refractivity contribution in [2.75, 3.05) is 13.2 Å². The van der Waals surface area contributed by atoms with Crippen LogP contribution in [0.25, 0.3) is 0 Å². The average Bonchev–Trinajstić information content (AvgIpc) is 2.22. The Morgan fingerprint density at radius 2 is 1.63 bits per heavy atom. The van der Waals surface area contributed by atoms with Gasteiger partial charge >= 0.3 is 0 Å². The predicted molar refractivity (Wildman–Crippen MR) is 83.8 cm³/mol. The largest absolute Gasteiger partial charge is 0.373 e. The molecule has 4 heteroatoms. The molecule has 1 aromatic carbocycles. The summed E-state index contributed by atoms with van der Waals surface area (Å²) < 4.78 is 12.5. The van der Waals surface area contributed by atoms with Crippen molar-refractivity contribution in [3.05, 3.63) is 33.3 Å². The lowest BCUT2D eigenvalue weighted by Gasteiger charge is -2.28. The molecule has 2 nitrogen and oxygen atoms in total. The van der Waals surface area contributed by atoms with Crippen molar-refractivity contribution in [3.8, 4) is 0 Å². The number of hydrogen-bond acceptors (Lipinski definition) is 2. The van der Waals surface area contributed by atoms with E-state index < -0.39 is 0 Å². The molecule has 1 rings (SSSR count). The van der Waals surface area contributed by atoms with Gasteiger partial charge in [0.15, 0.2) is 0 Å². The molecule has 0 aliphatic heterocycles. The number of halogens is 2. The van der Waals surface area contributed by atoms with Crippen molar-refractivity contribution >= 4 is 27.5 Å². The molecule has 0 N–H and O–H groups in total. The van der Waals surface area contributed by atoms with Gasteiger partial charge in [-0.1, -0.05) is 33.6 Å². The molecule has 1 aromatic rings. The number of hydrogen-bond donors (Lipinski definition) is 0. The van der Waals surface area contributed by atoms with E-state index in [0.717, 1.165) is 10.0 Å². The van der Waals surface area contributed by atoms with Crippen LogP contribution < -0.4 is 0 Å². The predicted octanol–water partition coefficient (Wildman–Crippen LogP) is 5.17. The van der Waals surface area contributed by atoms with Gasteiger partial charge in [-0.25, -0.2) is 0 Å². The molecule has 0 spiro atoms. The van der Waals surface area contributed by atoms with Crippen LogP contribution >= 0.6 is 27.5 Å². The van der Waals surface area contributed by atoms with Gasteiger partial charge in [-0.2, -0.15) is 0 Å². The SMILES string of the molecule is CC(C)(C)OCCOC(C)(C)c1ccc(Cl)cc1Br. The zero-order valence-electron chi connectivity index (χ0n) is 12.2. The zero-order chi connectivity index (χ0) is 14.7. The second-order valence-corrected chi connectivity index (χ2v) is 7.23. The Kier molecular flexibility index (Phi) is 5.87. The minimum Gasteiger partial charge on any atom is -0.373 e. The second-order valence-electron chi connectivity index (χ2n) is 5.94. The summed E-state index contributed by atoms with van der Waals surface area (Å²) in [5.41, 5.74) is 0.562. The molecule has 19 heavy (non-hydrogen) atoms. The molecular formula is C15H22BrClO2. The Labute approximate surface area is 129 Å². The normalized spacial score (nSPS) is 12.8. The van der Waals surface area contributed by atoms with Gasteiger partial charge < -0.3 is 9.47 Å². The number of ether oxygens (including phenoxy) is 2. The topological polar surface area (TPSA) is 18.5 Å². The van der Waals surface area contributed by atoms with Crippen molar-refractivity contribution in [1.82, 2.24) is 0 Å². The fourth-order valence-electron chi connectivity index (χ4n) is 1.70. The highest BCUT2D eigenvalue weighted by Crippen LogP contribution is 2.32. The van der Waals surface area contributed by atoms with Crippen molar-refractivity contribution in [2.45, 2.75) is 45.8 Å². The van der Waals surface area contributed by atoms with Gasteiger partial charge in [0.05, 0.1) is 24.4 Å². The quantitative estimate of drug-likeness (QED) is 0.683. The highest BCUT2D eigenvalue weighted by molar-refractivity contribution is 9.10. The lowest BCUT2D eigenvalue weighted by Crippen LogP contribution is -2.27. The molecule has 0 bridgehead atoms. The Bertz CT molecular complexity index is 425. The molecule has 0 atom stereocenters. The van der Waals surface area contributed by atoms with Gasteiger partial charge in [0.25, 0.3) is 0 Å². The fourth-order valence-corrected chi connectivity index (χ4v) is 2.86. The first-order chi connectivity index (χ1) is 8.62. The van der Waals surface area contributed by atoms with Crippen molar-refractivity contribution < 1.29 is 9.47 Å². The summed E-state index contributed by atoms with van der Waals surface area (Å²) in [5, 5.41) is 0.711. The van der Waals surface area contributed by atoms with Gasteiger partial charge in [0.2, 0.25) is 0 Å². The minimum atomic E-state index is -0.384. The first-order valence-electron chi connectivity index (χ1n) is 6.35. The van der Waals surface area contributed by atoms with E-state index in [2.05, 4.69) is 15.9 Å². The third kappa shape index (κ3) is 5.82. The highest BCUT2D eigenvalue weighted by atomic mass is 79.9. The molecule has 108 valence electrons. The van der Waals surface area contributed by atoms with Gasteiger partial charge in [-0.15, -0.1) is 0 Å². The zero-order valence-corrected chi connectivity index (χ0v) is 14.6. The average molecular weight is 350 g/mol. The van der Waals surface area contributed by atoms with Gasteiger partial charge in [-0.3, -0.25) is 0 Å². The van der Waals surface area contributed by atoms with E-state index in [1.165, 1.54) is 0 Å². The summed E-state index contributed by atoms with van der Waals surface area (Å²) in [6.07, 6.45) is 0. The summed E-state index contributed by atoms with van der Waals surface area (Å²) in [6, 6.07) is 5.74. The Hall–Kier alpha value is -0.0900. The first-order valence-corrected chi connectivity index (χ1v) is 7.52. The van der Waals surface area contributed by atoms with E-state index in [4.69, 9.17) is 21.1 Å². The van der Waals surface area contributed by atoms with E-state index in [-0.39, 0.29) is 11.2 Å². The maximum absolute atomic E-state index is 5.95. The molecule has 0 aromatic heterocycles. The molecule has 0 aliphatic carbocycles. The smallest absolute Gasteiger partial charge is 0.0887 e. The van der Waals surface area contributed by atoms with Crippen LogP contribution in [0.3, 0.4) is 0 Å². The van der Waals surface area contributed by atoms with E-state index in [9.17, 15) is 0 Å². The third-order valence-electron chi connectivity index (χ3n) is 2.66. The number of benzene rings is 1. The van der Waals surface area contributed by atoms with Crippen molar-refractivity contribution in [2.24, 2.45) is 0 Å². The molecule has 0 saturated heterocycles. The molecule has 0 fully saturated rings. The molecule has 0 aliphatic rings. The van der Waals surface area contributed by atoms with Crippen LogP contribution in [0.5, 0.6) is 0 Å². The summed E-state index contributed by atoms with van der Waals surface area (Å²) in [5.74, 6) is 0. The lowest BCUT2D eigenvalue weighted by atomic mass is 9.98. The van der Waals surface area contributed by atoms with Crippen LogP contribution in [0.15, 0.2) is 22.7 Å². The summed E-state index contributed by atoms with van der Waals surface area (Å²) in [4.78, 5) is 0. The number of rotatable bonds is 5. The Morgan fingerprint density at radius 1 is 1.05 bits per heavy atom. The molecule has 0 saturated carbocycles. The monoisotopic (exact) mass is 348 g/mol. The van der Waals surface area contributed by atoms with Crippen LogP contribution in [0.1, 0.15) is 40.2 Å². The van der Waals surface area contributed by atoms with Gasteiger partial charge in [0, 0.05) is 9.50 Å². The van der Waals surface area contributed by atoms with Crippen molar-refractivity contribution in [3.63, 3.8) is 0 Å². The Morgan fingerprint density at radius 3 is 2.16 bits per heavy atom. The maximum Gasteiger partial charge on any atom is 0.0887 e. The molecular weight excluding hydrogens is 328 g/mol. The van der Waals surface area contributed by atoms with Crippen LogP contribution in [-0.2, 0) is 15.1 Å². The molecule has 0 unspecified atom stereocenters. The Balaban J connectivity index is 2.60. The minimum absolute atomic E-state index is 0.131. The van der Waals surface area contributed by atoms with Crippen LogP contribution in [0.4, 0.5) is 0 Å². The standard InChI is InChI=1S/C15H22BrClO2/c1-14(2,3)18-8-9-19-15(4,5)12-7-6-11(17)10-13(12)16/h6-7,10H,8-9H2,1-5H3. The molecule has 0 radical (unpaired) electrons. The molecule has 0 amide bonds. The van der Waals surface area contributed by atoms with Crippen molar-refractivity contribution in [1.29, 1.82) is 0 Å². The van der Waals surface area contributed by atoms with E-state index >= 15 is 0 Å². The van der Waals surface area contributed by atoms with Gasteiger partial charge in [0.1, 0.15) is 0 Å². The van der Waals surface area contributed by atoms with Crippen LogP contribution in [0, 0.1) is 0 Å². The van der Waals surface area contributed by atoms with E-state index in [0.29, 0.717) is 18.2 Å². The summed E-state index contributed by atoms with van der Waals surface area (Å²) >= 11 is 9.48.